The summed E-state index contributed by atoms with van der Waals surface area (Å²) in [5.74, 6) is 0.890. The second-order valence-electron chi connectivity index (χ2n) is 5.08. The van der Waals surface area contributed by atoms with Crippen molar-refractivity contribution in [2.75, 3.05) is 19.7 Å². The fourth-order valence-corrected chi connectivity index (χ4v) is 3.15. The highest BCUT2D eigenvalue weighted by Crippen LogP contribution is 2.29. The van der Waals surface area contributed by atoms with Crippen LogP contribution in [0.15, 0.2) is 0 Å². The van der Waals surface area contributed by atoms with Crippen LogP contribution in [-0.4, -0.2) is 35.7 Å². The molecule has 2 nitrogen and oxygen atoms in total. The molecule has 0 spiro atoms. The van der Waals surface area contributed by atoms with Gasteiger partial charge in [-0.2, -0.15) is 0 Å². The summed E-state index contributed by atoms with van der Waals surface area (Å²) in [6, 6.07) is 0.782. The standard InChI is InChI=1S/C14H29NO/c1-3-13-9-6-5-7-10-14(13)15(4-2)11-8-12-16/h13-14,16H,3-12H2,1-2H3. The Morgan fingerprint density at radius 3 is 2.50 bits per heavy atom. The first-order valence-corrected chi connectivity index (χ1v) is 7.18. The summed E-state index contributed by atoms with van der Waals surface area (Å²) < 4.78 is 0. The summed E-state index contributed by atoms with van der Waals surface area (Å²) >= 11 is 0. The van der Waals surface area contributed by atoms with Crippen LogP contribution >= 0.6 is 0 Å². The van der Waals surface area contributed by atoms with Crippen LogP contribution in [0.2, 0.25) is 0 Å². The van der Waals surface area contributed by atoms with Gasteiger partial charge in [0.05, 0.1) is 0 Å². The maximum Gasteiger partial charge on any atom is 0.0443 e. The molecule has 0 saturated heterocycles. The average Bonchev–Trinajstić information content (AvgIpc) is 2.55. The molecule has 0 aromatic heterocycles. The van der Waals surface area contributed by atoms with E-state index in [1.165, 1.54) is 38.5 Å². The molecule has 0 radical (unpaired) electrons. The molecule has 96 valence electrons. The van der Waals surface area contributed by atoms with Gasteiger partial charge in [0.15, 0.2) is 0 Å². The van der Waals surface area contributed by atoms with Crippen molar-refractivity contribution in [3.63, 3.8) is 0 Å². The van der Waals surface area contributed by atoms with E-state index in [0.717, 1.165) is 31.5 Å². The van der Waals surface area contributed by atoms with E-state index < -0.39 is 0 Å². The predicted molar refractivity (Wildman–Crippen MR) is 69.6 cm³/mol. The quantitative estimate of drug-likeness (QED) is 0.705. The van der Waals surface area contributed by atoms with E-state index in [1.54, 1.807) is 0 Å². The van der Waals surface area contributed by atoms with Gasteiger partial charge in [-0.3, -0.25) is 0 Å². The fourth-order valence-electron chi connectivity index (χ4n) is 3.15. The summed E-state index contributed by atoms with van der Waals surface area (Å²) in [4.78, 5) is 2.61. The van der Waals surface area contributed by atoms with Crippen molar-refractivity contribution in [3.05, 3.63) is 0 Å². The lowest BCUT2D eigenvalue weighted by atomic mass is 9.91. The van der Waals surface area contributed by atoms with Gasteiger partial charge >= 0.3 is 0 Å². The summed E-state index contributed by atoms with van der Waals surface area (Å²) in [7, 11) is 0. The topological polar surface area (TPSA) is 23.5 Å². The molecular formula is C14H29NO. The summed E-state index contributed by atoms with van der Waals surface area (Å²) in [5, 5.41) is 8.96. The zero-order chi connectivity index (χ0) is 11.8. The van der Waals surface area contributed by atoms with Gasteiger partial charge in [0.2, 0.25) is 0 Å². The molecule has 2 heteroatoms. The molecule has 0 aromatic rings. The van der Waals surface area contributed by atoms with Crippen LogP contribution in [0.1, 0.15) is 58.8 Å². The Hall–Kier alpha value is -0.0800. The third-order valence-corrected chi connectivity index (χ3v) is 4.12. The Bertz CT molecular complexity index is 172. The highest BCUT2D eigenvalue weighted by Gasteiger charge is 2.26. The summed E-state index contributed by atoms with van der Waals surface area (Å²) in [5.41, 5.74) is 0. The molecule has 2 atom stereocenters. The van der Waals surface area contributed by atoms with Crippen LogP contribution in [0.5, 0.6) is 0 Å². The van der Waals surface area contributed by atoms with E-state index in [1.807, 2.05) is 0 Å². The van der Waals surface area contributed by atoms with Crippen molar-refractivity contribution in [1.29, 1.82) is 0 Å². The van der Waals surface area contributed by atoms with Gasteiger partial charge in [-0.05, 0) is 31.7 Å². The minimum absolute atomic E-state index is 0.333. The van der Waals surface area contributed by atoms with E-state index >= 15 is 0 Å². The van der Waals surface area contributed by atoms with Gasteiger partial charge in [-0.1, -0.05) is 39.5 Å². The third-order valence-electron chi connectivity index (χ3n) is 4.12. The predicted octanol–water partition coefficient (Wildman–Crippen LogP) is 3.05. The second kappa shape index (κ2) is 8.08. The fraction of sp³-hybridized carbons (Fsp3) is 1.00. The highest BCUT2D eigenvalue weighted by atomic mass is 16.3. The van der Waals surface area contributed by atoms with E-state index in [-0.39, 0.29) is 0 Å². The number of hydrogen-bond acceptors (Lipinski definition) is 2. The smallest absolute Gasteiger partial charge is 0.0443 e. The normalized spacial score (nSPS) is 27.0. The summed E-state index contributed by atoms with van der Waals surface area (Å²) in [6.45, 7) is 7.15. The Balaban J connectivity index is 2.55. The van der Waals surface area contributed by atoms with Crippen LogP contribution in [0.4, 0.5) is 0 Å². The van der Waals surface area contributed by atoms with Gasteiger partial charge in [0.1, 0.15) is 0 Å². The largest absolute Gasteiger partial charge is 0.396 e. The molecule has 1 aliphatic rings. The monoisotopic (exact) mass is 227 g/mol. The molecule has 0 amide bonds. The Morgan fingerprint density at radius 1 is 1.12 bits per heavy atom. The molecule has 1 fully saturated rings. The van der Waals surface area contributed by atoms with Crippen molar-refractivity contribution in [2.45, 2.75) is 64.8 Å². The van der Waals surface area contributed by atoms with Crippen LogP contribution in [0, 0.1) is 5.92 Å². The second-order valence-corrected chi connectivity index (χ2v) is 5.08. The number of hydrogen-bond donors (Lipinski definition) is 1. The number of aliphatic hydroxyl groups excluding tert-OH is 1. The molecule has 1 aliphatic carbocycles. The molecule has 0 heterocycles. The Morgan fingerprint density at radius 2 is 1.88 bits per heavy atom. The Kier molecular flexibility index (Phi) is 7.06. The van der Waals surface area contributed by atoms with E-state index in [9.17, 15) is 0 Å². The number of nitrogens with zero attached hydrogens (tertiary/aromatic N) is 1. The first-order chi connectivity index (χ1) is 7.83. The SMILES string of the molecule is CCC1CCCCCC1N(CC)CCCO. The molecule has 0 aliphatic heterocycles. The van der Waals surface area contributed by atoms with Crippen molar-refractivity contribution >= 4 is 0 Å². The first-order valence-electron chi connectivity index (χ1n) is 7.18. The minimum Gasteiger partial charge on any atom is -0.396 e. The molecule has 0 bridgehead atoms. The van der Waals surface area contributed by atoms with E-state index in [0.29, 0.717) is 6.61 Å². The van der Waals surface area contributed by atoms with Gasteiger partial charge in [0.25, 0.3) is 0 Å². The minimum atomic E-state index is 0.333. The van der Waals surface area contributed by atoms with Crippen molar-refractivity contribution in [3.8, 4) is 0 Å². The summed E-state index contributed by atoms with van der Waals surface area (Å²) in [6.07, 6.45) is 9.28. The first kappa shape index (κ1) is 14.0. The molecule has 1 saturated carbocycles. The lowest BCUT2D eigenvalue weighted by Crippen LogP contribution is -2.40. The zero-order valence-corrected chi connectivity index (χ0v) is 11.1. The molecule has 1 rings (SSSR count). The van der Waals surface area contributed by atoms with Crippen LogP contribution < -0.4 is 0 Å². The lowest BCUT2D eigenvalue weighted by Gasteiger charge is -2.35. The van der Waals surface area contributed by atoms with Gasteiger partial charge in [0, 0.05) is 19.2 Å². The van der Waals surface area contributed by atoms with Crippen molar-refractivity contribution in [1.82, 2.24) is 4.90 Å². The Labute approximate surface area is 101 Å². The molecular weight excluding hydrogens is 198 g/mol. The maximum atomic E-state index is 8.96. The zero-order valence-electron chi connectivity index (χ0n) is 11.1. The molecule has 0 aromatic carbocycles. The van der Waals surface area contributed by atoms with E-state index in [4.69, 9.17) is 5.11 Å². The van der Waals surface area contributed by atoms with Gasteiger partial charge in [-0.15, -0.1) is 0 Å². The third kappa shape index (κ3) is 4.06. The maximum absolute atomic E-state index is 8.96. The van der Waals surface area contributed by atoms with Crippen molar-refractivity contribution in [2.24, 2.45) is 5.92 Å². The van der Waals surface area contributed by atoms with Gasteiger partial charge < -0.3 is 10.0 Å². The highest BCUT2D eigenvalue weighted by molar-refractivity contribution is 4.81. The van der Waals surface area contributed by atoms with Crippen molar-refractivity contribution < 1.29 is 5.11 Å². The number of rotatable bonds is 6. The van der Waals surface area contributed by atoms with Crippen LogP contribution in [0.3, 0.4) is 0 Å². The van der Waals surface area contributed by atoms with Gasteiger partial charge in [-0.25, -0.2) is 0 Å². The average molecular weight is 227 g/mol. The van der Waals surface area contributed by atoms with Crippen LogP contribution in [-0.2, 0) is 0 Å². The molecule has 1 N–H and O–H groups in total. The van der Waals surface area contributed by atoms with E-state index in [2.05, 4.69) is 18.7 Å². The lowest BCUT2D eigenvalue weighted by molar-refractivity contribution is 0.125. The molecule has 16 heavy (non-hydrogen) atoms. The van der Waals surface area contributed by atoms with Crippen LogP contribution in [0.25, 0.3) is 0 Å². The number of aliphatic hydroxyl groups is 1. The molecule has 2 unspecified atom stereocenters.